The summed E-state index contributed by atoms with van der Waals surface area (Å²) in [6, 6.07) is -1.47. The Morgan fingerprint density at radius 1 is 1.11 bits per heavy atom. The van der Waals surface area contributed by atoms with E-state index in [9.17, 15) is 22.8 Å². The average Bonchev–Trinajstić information content (AvgIpc) is 2.30. The molecule has 1 atom stereocenters. The monoisotopic (exact) mass is 283 g/mol. The summed E-state index contributed by atoms with van der Waals surface area (Å²) in [6.07, 6.45) is 0.339. The van der Waals surface area contributed by atoms with Crippen LogP contribution < -0.4 is 5.32 Å². The van der Waals surface area contributed by atoms with Crippen molar-refractivity contribution in [2.75, 3.05) is 0 Å². The molecule has 0 heterocycles. The summed E-state index contributed by atoms with van der Waals surface area (Å²) >= 11 is 0. The number of carboxylic acid groups (broad SMARTS) is 1. The van der Waals surface area contributed by atoms with Crippen LogP contribution in [-0.4, -0.2) is 29.2 Å². The first-order valence-corrected chi connectivity index (χ1v) is 6.39. The largest absolute Gasteiger partial charge is 0.480 e. The summed E-state index contributed by atoms with van der Waals surface area (Å²) in [6.45, 7) is 2.06. The van der Waals surface area contributed by atoms with Gasteiger partial charge < -0.3 is 10.4 Å². The van der Waals surface area contributed by atoms with Crippen molar-refractivity contribution in [3.63, 3.8) is 0 Å². The highest BCUT2D eigenvalue weighted by Gasteiger charge is 2.40. The molecule has 19 heavy (non-hydrogen) atoms. The molecule has 0 aromatic carbocycles. The Morgan fingerprint density at radius 3 is 2.11 bits per heavy atom. The molecule has 0 aromatic heterocycles. The number of carbonyl (C=O) groups excluding carboxylic acids is 1. The van der Waals surface area contributed by atoms with Gasteiger partial charge in [-0.15, -0.1) is 0 Å². The van der Waals surface area contributed by atoms with Crippen molar-refractivity contribution in [2.24, 2.45) is 0 Å². The minimum Gasteiger partial charge on any atom is -0.480 e. The lowest BCUT2D eigenvalue weighted by atomic mass is 10.1. The molecule has 0 radical (unpaired) electrons. The van der Waals surface area contributed by atoms with Crippen molar-refractivity contribution in [3.8, 4) is 0 Å². The third kappa shape index (κ3) is 8.45. The number of hydrogen-bond acceptors (Lipinski definition) is 2. The number of carbonyl (C=O) groups is 2. The van der Waals surface area contributed by atoms with Crippen LogP contribution in [-0.2, 0) is 9.59 Å². The van der Waals surface area contributed by atoms with E-state index in [-0.39, 0.29) is 6.42 Å². The maximum atomic E-state index is 12.0. The van der Waals surface area contributed by atoms with E-state index in [0.29, 0.717) is 6.42 Å². The van der Waals surface area contributed by atoms with Crippen LogP contribution in [0.1, 0.15) is 51.9 Å². The number of hydrogen-bond donors (Lipinski definition) is 2. The Bertz CT molecular complexity index is 292. The van der Waals surface area contributed by atoms with Crippen molar-refractivity contribution in [2.45, 2.75) is 64.1 Å². The van der Waals surface area contributed by atoms with E-state index in [1.165, 1.54) is 5.32 Å². The Balaban J connectivity index is 4.01. The molecular weight excluding hydrogens is 263 g/mol. The molecule has 4 nitrogen and oxygen atoms in total. The highest BCUT2D eigenvalue weighted by Crippen LogP contribution is 2.15. The number of nitrogens with one attached hydrogen (secondary N) is 1. The Labute approximate surface area is 110 Å². The number of amides is 1. The van der Waals surface area contributed by atoms with Gasteiger partial charge in [0.05, 0.1) is 0 Å². The van der Waals surface area contributed by atoms with Crippen LogP contribution in [0.2, 0.25) is 0 Å². The summed E-state index contributed by atoms with van der Waals surface area (Å²) in [5.41, 5.74) is 0. The van der Waals surface area contributed by atoms with Gasteiger partial charge in [-0.3, -0.25) is 4.79 Å². The first-order valence-electron chi connectivity index (χ1n) is 6.39. The van der Waals surface area contributed by atoms with E-state index in [1.54, 1.807) is 0 Å². The van der Waals surface area contributed by atoms with Crippen LogP contribution in [0.15, 0.2) is 0 Å². The topological polar surface area (TPSA) is 66.4 Å². The molecular formula is C12H20F3NO3. The molecule has 1 amide bonds. The molecule has 112 valence electrons. The van der Waals surface area contributed by atoms with Crippen LogP contribution in [0, 0.1) is 0 Å². The molecule has 0 spiro atoms. The van der Waals surface area contributed by atoms with Crippen LogP contribution in [0.5, 0.6) is 0 Å². The van der Waals surface area contributed by atoms with E-state index in [0.717, 1.165) is 32.1 Å². The highest BCUT2D eigenvalue weighted by atomic mass is 19.4. The number of carboxylic acids is 1. The Morgan fingerprint density at radius 2 is 1.63 bits per heavy atom. The summed E-state index contributed by atoms with van der Waals surface area (Å²) in [7, 11) is 0. The van der Waals surface area contributed by atoms with Crippen molar-refractivity contribution in [1.82, 2.24) is 5.32 Å². The van der Waals surface area contributed by atoms with Crippen LogP contribution in [0.3, 0.4) is 0 Å². The number of aliphatic carboxylic acids is 1. The van der Waals surface area contributed by atoms with Gasteiger partial charge in [0.25, 0.3) is 0 Å². The normalized spacial score (nSPS) is 13.1. The molecule has 0 aliphatic carbocycles. The van der Waals surface area contributed by atoms with Crippen LogP contribution >= 0.6 is 0 Å². The van der Waals surface area contributed by atoms with E-state index >= 15 is 0 Å². The first-order chi connectivity index (χ1) is 8.79. The van der Waals surface area contributed by atoms with Gasteiger partial charge >= 0.3 is 18.1 Å². The fourth-order valence-electron chi connectivity index (χ4n) is 1.63. The molecule has 0 aliphatic heterocycles. The maximum absolute atomic E-state index is 12.0. The third-order valence-electron chi connectivity index (χ3n) is 2.71. The van der Waals surface area contributed by atoms with E-state index in [2.05, 4.69) is 6.92 Å². The minimum atomic E-state index is -5.05. The number of rotatable bonds is 9. The van der Waals surface area contributed by atoms with Crippen LogP contribution in [0.4, 0.5) is 13.2 Å². The van der Waals surface area contributed by atoms with E-state index in [1.807, 2.05) is 0 Å². The van der Waals surface area contributed by atoms with Gasteiger partial charge in [-0.1, -0.05) is 45.4 Å². The van der Waals surface area contributed by atoms with Gasteiger partial charge in [-0.25, -0.2) is 4.79 Å². The molecule has 2 N–H and O–H groups in total. The van der Waals surface area contributed by atoms with Crippen LogP contribution in [0.25, 0.3) is 0 Å². The van der Waals surface area contributed by atoms with E-state index < -0.39 is 24.1 Å². The second kappa shape index (κ2) is 8.77. The summed E-state index contributed by atoms with van der Waals surface area (Å²) in [5, 5.41) is 10.2. The summed E-state index contributed by atoms with van der Waals surface area (Å²) in [4.78, 5) is 21.4. The molecule has 0 aliphatic rings. The second-order valence-corrected chi connectivity index (χ2v) is 4.42. The predicted octanol–water partition coefficient (Wildman–Crippen LogP) is 2.87. The molecule has 0 saturated heterocycles. The second-order valence-electron chi connectivity index (χ2n) is 4.42. The smallest absolute Gasteiger partial charge is 0.471 e. The summed E-state index contributed by atoms with van der Waals surface area (Å²) in [5.74, 6) is -3.64. The molecule has 0 saturated carbocycles. The first kappa shape index (κ1) is 17.7. The van der Waals surface area contributed by atoms with Crippen molar-refractivity contribution in [1.29, 1.82) is 0 Å². The molecule has 0 unspecified atom stereocenters. The number of alkyl halides is 3. The van der Waals surface area contributed by atoms with Crippen molar-refractivity contribution >= 4 is 11.9 Å². The van der Waals surface area contributed by atoms with Gasteiger partial charge in [0.15, 0.2) is 0 Å². The standard InChI is InChI=1S/C12H20F3NO3/c1-2-3-4-5-6-7-8-9(10(17)18)16-11(19)12(13,14)15/h9H,2-8H2,1H3,(H,16,19)(H,17,18)/t9-/m1/s1. The lowest BCUT2D eigenvalue weighted by molar-refractivity contribution is -0.175. The predicted molar refractivity (Wildman–Crippen MR) is 63.6 cm³/mol. The highest BCUT2D eigenvalue weighted by molar-refractivity contribution is 5.86. The lowest BCUT2D eigenvalue weighted by Crippen LogP contribution is -2.46. The van der Waals surface area contributed by atoms with Crippen molar-refractivity contribution in [3.05, 3.63) is 0 Å². The fraction of sp³-hybridized carbons (Fsp3) is 0.833. The number of halogens is 3. The van der Waals surface area contributed by atoms with Gasteiger partial charge in [0.1, 0.15) is 6.04 Å². The van der Waals surface area contributed by atoms with Crippen molar-refractivity contribution < 1.29 is 27.9 Å². The van der Waals surface area contributed by atoms with E-state index in [4.69, 9.17) is 5.11 Å². The van der Waals surface area contributed by atoms with Gasteiger partial charge in [-0.2, -0.15) is 13.2 Å². The Kier molecular flexibility index (Phi) is 8.18. The molecule has 0 bridgehead atoms. The van der Waals surface area contributed by atoms with Gasteiger partial charge in [0.2, 0.25) is 0 Å². The zero-order valence-corrected chi connectivity index (χ0v) is 10.9. The number of unbranched alkanes of at least 4 members (excludes halogenated alkanes) is 5. The van der Waals surface area contributed by atoms with Gasteiger partial charge in [0, 0.05) is 0 Å². The maximum Gasteiger partial charge on any atom is 0.471 e. The Hall–Kier alpha value is -1.27. The quantitative estimate of drug-likeness (QED) is 0.639. The average molecular weight is 283 g/mol. The molecule has 0 fully saturated rings. The fourth-order valence-corrected chi connectivity index (χ4v) is 1.63. The third-order valence-corrected chi connectivity index (χ3v) is 2.71. The lowest BCUT2D eigenvalue weighted by Gasteiger charge is -2.15. The SMILES string of the molecule is CCCCCCCC[C@@H](NC(=O)C(F)(F)F)C(=O)O. The zero-order chi connectivity index (χ0) is 14.9. The zero-order valence-electron chi connectivity index (χ0n) is 10.9. The molecule has 0 rings (SSSR count). The van der Waals surface area contributed by atoms with Gasteiger partial charge in [-0.05, 0) is 6.42 Å². The minimum absolute atomic E-state index is 0.0171. The molecule has 0 aromatic rings. The molecule has 7 heteroatoms. The summed E-state index contributed by atoms with van der Waals surface area (Å²) < 4.78 is 36.0.